The second-order valence-corrected chi connectivity index (χ2v) is 9.45. The quantitative estimate of drug-likeness (QED) is 0.345. The summed E-state index contributed by atoms with van der Waals surface area (Å²) in [5.74, 6) is -0.197. The minimum Gasteiger partial charge on any atom is -0.457 e. The molecule has 0 fully saturated rings. The van der Waals surface area contributed by atoms with Crippen molar-refractivity contribution in [1.82, 2.24) is 0 Å². The summed E-state index contributed by atoms with van der Waals surface area (Å²) in [7, 11) is 6.32. The number of rotatable bonds is 11. The molecule has 1 aromatic rings. The zero-order valence-electron chi connectivity index (χ0n) is 15.4. The second kappa shape index (κ2) is 9.90. The number of esters is 1. The molecule has 1 rings (SSSR count). The molecule has 0 radical (unpaired) electrons. The fourth-order valence-corrected chi connectivity index (χ4v) is 4.20. The van der Waals surface area contributed by atoms with Gasteiger partial charge < -0.3 is 22.5 Å². The minimum atomic E-state index is -2.54. The van der Waals surface area contributed by atoms with Crippen LogP contribution in [0.1, 0.15) is 12.0 Å². The van der Waals surface area contributed by atoms with E-state index in [0.717, 1.165) is 24.6 Å². The highest BCUT2D eigenvalue weighted by Crippen LogP contribution is 2.16. The lowest BCUT2D eigenvalue weighted by molar-refractivity contribution is -0.883. The molecule has 0 aliphatic rings. The van der Waals surface area contributed by atoms with Crippen molar-refractivity contribution in [3.63, 3.8) is 0 Å². The van der Waals surface area contributed by atoms with Gasteiger partial charge in [-0.05, 0) is 5.56 Å². The molecule has 24 heavy (non-hydrogen) atoms. The Hall–Kier alpha value is -1.25. The van der Waals surface area contributed by atoms with Crippen molar-refractivity contribution in [3.05, 3.63) is 35.9 Å². The molecule has 0 N–H and O–H groups in total. The number of carbonyl (C=O) groups is 1. The maximum Gasteiger partial charge on any atom is 0.500 e. The van der Waals surface area contributed by atoms with Crippen LogP contribution in [0.2, 0.25) is 6.04 Å². The molecule has 0 amide bonds. The normalized spacial score (nSPS) is 12.2. The maximum absolute atomic E-state index is 12.1. The standard InChI is InChI=1S/C17H30NO5Si/c1-18(2,12-9-13-24(20-3,21-4)22-5)14-17(19)23-15-16-10-7-6-8-11-16/h6-8,10-11H,9,12-15H2,1-5H3/q+1. The van der Waals surface area contributed by atoms with Gasteiger partial charge in [-0.15, -0.1) is 0 Å². The van der Waals surface area contributed by atoms with Crippen LogP contribution in [-0.4, -0.2) is 67.8 Å². The van der Waals surface area contributed by atoms with E-state index in [1.54, 1.807) is 21.3 Å². The first kappa shape index (κ1) is 20.8. The average molecular weight is 357 g/mol. The fraction of sp³-hybridized carbons (Fsp3) is 0.588. The lowest BCUT2D eigenvalue weighted by Crippen LogP contribution is -2.47. The first-order valence-electron chi connectivity index (χ1n) is 8.03. The lowest BCUT2D eigenvalue weighted by Gasteiger charge is -2.30. The first-order chi connectivity index (χ1) is 11.4. The Balaban J connectivity index is 2.38. The average Bonchev–Trinajstić information content (AvgIpc) is 2.58. The highest BCUT2D eigenvalue weighted by atomic mass is 28.4. The topological polar surface area (TPSA) is 54.0 Å². The van der Waals surface area contributed by atoms with Gasteiger partial charge in [0.25, 0.3) is 0 Å². The van der Waals surface area contributed by atoms with Gasteiger partial charge in [0.15, 0.2) is 6.54 Å². The summed E-state index contributed by atoms with van der Waals surface area (Å²) in [5.41, 5.74) is 0.993. The van der Waals surface area contributed by atoms with E-state index in [0.29, 0.717) is 17.6 Å². The Morgan fingerprint density at radius 2 is 1.62 bits per heavy atom. The van der Waals surface area contributed by atoms with E-state index in [1.807, 2.05) is 44.4 Å². The molecule has 0 aromatic heterocycles. The number of likely N-dealkylation sites (N-methyl/N-ethyl adjacent to an activating group) is 1. The molecular formula is C17H30NO5Si+. The van der Waals surface area contributed by atoms with Crippen LogP contribution in [0.4, 0.5) is 0 Å². The lowest BCUT2D eigenvalue weighted by atomic mass is 10.2. The van der Waals surface area contributed by atoms with Crippen LogP contribution >= 0.6 is 0 Å². The first-order valence-corrected chi connectivity index (χ1v) is 9.96. The van der Waals surface area contributed by atoms with E-state index in [4.69, 9.17) is 18.0 Å². The summed E-state index contributed by atoms with van der Waals surface area (Å²) >= 11 is 0. The van der Waals surface area contributed by atoms with Crippen molar-refractivity contribution in [2.75, 3.05) is 48.5 Å². The Morgan fingerprint density at radius 1 is 1.04 bits per heavy atom. The van der Waals surface area contributed by atoms with Crippen molar-refractivity contribution in [3.8, 4) is 0 Å². The minimum absolute atomic E-state index is 0.197. The van der Waals surface area contributed by atoms with E-state index in [1.165, 1.54) is 0 Å². The zero-order valence-corrected chi connectivity index (χ0v) is 16.4. The van der Waals surface area contributed by atoms with Gasteiger partial charge in [-0.2, -0.15) is 0 Å². The van der Waals surface area contributed by atoms with Gasteiger partial charge in [0.1, 0.15) is 6.61 Å². The van der Waals surface area contributed by atoms with Gasteiger partial charge in [0.05, 0.1) is 20.6 Å². The highest BCUT2D eigenvalue weighted by molar-refractivity contribution is 6.60. The molecule has 0 unspecified atom stereocenters. The summed E-state index contributed by atoms with van der Waals surface area (Å²) in [5, 5.41) is 0. The third-order valence-corrected chi connectivity index (χ3v) is 6.81. The summed E-state index contributed by atoms with van der Waals surface area (Å²) in [4.78, 5) is 12.1. The Bertz CT molecular complexity index is 483. The molecule has 0 atom stereocenters. The molecule has 0 aliphatic heterocycles. The zero-order chi connectivity index (χ0) is 18.1. The van der Waals surface area contributed by atoms with Crippen LogP contribution in [-0.2, 0) is 29.4 Å². The monoisotopic (exact) mass is 356 g/mol. The van der Waals surface area contributed by atoms with Crippen LogP contribution < -0.4 is 0 Å². The number of hydrogen-bond acceptors (Lipinski definition) is 5. The van der Waals surface area contributed by atoms with Crippen LogP contribution in [0.25, 0.3) is 0 Å². The largest absolute Gasteiger partial charge is 0.500 e. The van der Waals surface area contributed by atoms with Crippen molar-refractivity contribution < 1.29 is 27.3 Å². The maximum atomic E-state index is 12.1. The van der Waals surface area contributed by atoms with Crippen molar-refractivity contribution in [1.29, 1.82) is 0 Å². The number of ether oxygens (including phenoxy) is 1. The van der Waals surface area contributed by atoms with Crippen LogP contribution in [0.15, 0.2) is 30.3 Å². The molecule has 136 valence electrons. The van der Waals surface area contributed by atoms with E-state index in [9.17, 15) is 4.79 Å². The Labute approximate surface area is 146 Å². The second-order valence-electron chi connectivity index (χ2n) is 6.36. The Morgan fingerprint density at radius 3 is 2.17 bits per heavy atom. The van der Waals surface area contributed by atoms with E-state index < -0.39 is 8.80 Å². The van der Waals surface area contributed by atoms with Gasteiger partial charge in [-0.1, -0.05) is 30.3 Å². The number of carbonyl (C=O) groups excluding carboxylic acids is 1. The molecule has 1 aromatic carbocycles. The van der Waals surface area contributed by atoms with E-state index in [-0.39, 0.29) is 5.97 Å². The predicted molar refractivity (Wildman–Crippen MR) is 94.3 cm³/mol. The van der Waals surface area contributed by atoms with E-state index >= 15 is 0 Å². The molecule has 0 spiro atoms. The summed E-state index contributed by atoms with van der Waals surface area (Å²) < 4.78 is 22.2. The van der Waals surface area contributed by atoms with Crippen molar-refractivity contribution >= 4 is 14.8 Å². The third-order valence-electron chi connectivity index (χ3n) is 3.98. The molecule has 0 saturated heterocycles. The number of nitrogens with zero attached hydrogens (tertiary/aromatic N) is 1. The highest BCUT2D eigenvalue weighted by Gasteiger charge is 2.38. The van der Waals surface area contributed by atoms with Gasteiger partial charge >= 0.3 is 14.8 Å². The van der Waals surface area contributed by atoms with Gasteiger partial charge in [0, 0.05) is 33.8 Å². The summed E-state index contributed by atoms with van der Waals surface area (Å²) in [6, 6.07) is 10.4. The Kier molecular flexibility index (Phi) is 8.58. The van der Waals surface area contributed by atoms with Crippen molar-refractivity contribution in [2.45, 2.75) is 19.1 Å². The fourth-order valence-electron chi connectivity index (χ4n) is 2.49. The molecule has 7 heteroatoms. The van der Waals surface area contributed by atoms with Gasteiger partial charge in [-0.3, -0.25) is 0 Å². The molecule has 0 aliphatic carbocycles. The van der Waals surface area contributed by atoms with Crippen LogP contribution in [0.3, 0.4) is 0 Å². The summed E-state index contributed by atoms with van der Waals surface area (Å²) in [6.45, 7) is 1.45. The van der Waals surface area contributed by atoms with Gasteiger partial charge in [-0.25, -0.2) is 4.79 Å². The van der Waals surface area contributed by atoms with Crippen LogP contribution in [0, 0.1) is 0 Å². The van der Waals surface area contributed by atoms with Crippen molar-refractivity contribution in [2.24, 2.45) is 0 Å². The molecule has 0 heterocycles. The molecular weight excluding hydrogens is 326 g/mol. The number of benzene rings is 1. The van der Waals surface area contributed by atoms with Gasteiger partial charge in [0.2, 0.25) is 0 Å². The summed E-state index contributed by atoms with van der Waals surface area (Å²) in [6.07, 6.45) is 0.848. The van der Waals surface area contributed by atoms with E-state index in [2.05, 4.69) is 0 Å². The molecule has 6 nitrogen and oxygen atoms in total. The molecule has 0 bridgehead atoms. The SMILES string of the molecule is CO[Si](CCC[N+](C)(C)CC(=O)OCc1ccccc1)(OC)OC. The predicted octanol–water partition coefficient (Wildman–Crippen LogP) is 2.07. The molecule has 0 saturated carbocycles. The van der Waals surface area contributed by atoms with Crippen LogP contribution in [0.5, 0.6) is 0 Å². The number of quaternary nitrogens is 1. The smallest absolute Gasteiger partial charge is 0.457 e. The third kappa shape index (κ3) is 7.10. The number of hydrogen-bond donors (Lipinski definition) is 0.